The van der Waals surface area contributed by atoms with Crippen molar-refractivity contribution in [3.8, 4) is 5.75 Å². The second kappa shape index (κ2) is 5.18. The number of hydrogen-bond acceptors (Lipinski definition) is 5. The fourth-order valence-electron chi connectivity index (χ4n) is 1.23. The van der Waals surface area contributed by atoms with Crippen molar-refractivity contribution in [2.45, 2.75) is 20.0 Å². The highest BCUT2D eigenvalue weighted by atomic mass is 16.5. The van der Waals surface area contributed by atoms with Crippen molar-refractivity contribution < 1.29 is 14.8 Å². The minimum absolute atomic E-state index is 0.0325. The van der Waals surface area contributed by atoms with Crippen molar-refractivity contribution in [1.29, 1.82) is 0 Å². The van der Waals surface area contributed by atoms with E-state index in [1.54, 1.807) is 6.07 Å². The average Bonchev–Trinajstić information content (AvgIpc) is 2.15. The average molecular weight is 224 g/mol. The summed E-state index contributed by atoms with van der Waals surface area (Å²) in [4.78, 5) is 5.91. The molecule has 0 aliphatic carbocycles. The molecule has 88 valence electrons. The lowest BCUT2D eigenvalue weighted by Gasteiger charge is -2.17. The molecule has 1 rings (SSSR count). The van der Waals surface area contributed by atoms with Gasteiger partial charge in [0.1, 0.15) is 11.6 Å². The highest BCUT2D eigenvalue weighted by Gasteiger charge is 2.19. The van der Waals surface area contributed by atoms with E-state index >= 15 is 0 Å². The van der Waals surface area contributed by atoms with Gasteiger partial charge in [-0.15, -0.1) is 0 Å². The Labute approximate surface area is 95.8 Å². The van der Waals surface area contributed by atoms with Crippen LogP contribution in [-0.4, -0.2) is 42.3 Å². The van der Waals surface area contributed by atoms with Gasteiger partial charge < -0.3 is 19.7 Å². The maximum Gasteiger partial charge on any atom is 0.493 e. The van der Waals surface area contributed by atoms with Crippen molar-refractivity contribution in [2.75, 3.05) is 19.0 Å². The fraction of sp³-hybridized carbons (Fsp3) is 0.500. The zero-order valence-electron chi connectivity index (χ0n) is 10.0. The molecular weight excluding hydrogens is 207 g/mol. The van der Waals surface area contributed by atoms with Crippen LogP contribution < -0.4 is 15.1 Å². The summed E-state index contributed by atoms with van der Waals surface area (Å²) in [6.07, 6.45) is 1.38. The van der Waals surface area contributed by atoms with Gasteiger partial charge in [0, 0.05) is 31.8 Å². The van der Waals surface area contributed by atoms with E-state index in [-0.39, 0.29) is 11.6 Å². The van der Waals surface area contributed by atoms with E-state index in [4.69, 9.17) is 14.8 Å². The van der Waals surface area contributed by atoms with Crippen molar-refractivity contribution >= 4 is 18.4 Å². The highest BCUT2D eigenvalue weighted by Crippen LogP contribution is 2.16. The van der Waals surface area contributed by atoms with E-state index in [0.717, 1.165) is 0 Å². The minimum atomic E-state index is -1.57. The van der Waals surface area contributed by atoms with E-state index in [0.29, 0.717) is 11.6 Å². The van der Waals surface area contributed by atoms with Crippen molar-refractivity contribution in [2.24, 2.45) is 0 Å². The van der Waals surface area contributed by atoms with Crippen LogP contribution in [0.3, 0.4) is 0 Å². The topological polar surface area (TPSA) is 65.8 Å². The lowest BCUT2D eigenvalue weighted by atomic mass is 9.81. The normalized spacial score (nSPS) is 10.4. The second-order valence-electron chi connectivity index (χ2n) is 4.02. The summed E-state index contributed by atoms with van der Waals surface area (Å²) < 4.78 is 5.51. The van der Waals surface area contributed by atoms with Gasteiger partial charge in [0.05, 0.1) is 6.10 Å². The quantitative estimate of drug-likeness (QED) is 0.682. The van der Waals surface area contributed by atoms with Crippen LogP contribution in [0.1, 0.15) is 13.8 Å². The summed E-state index contributed by atoms with van der Waals surface area (Å²) in [7, 11) is 2.14. The number of nitrogens with zero attached hydrogens (tertiary/aromatic N) is 2. The molecule has 0 bridgehead atoms. The lowest BCUT2D eigenvalue weighted by molar-refractivity contribution is 0.243. The monoisotopic (exact) mass is 224 g/mol. The van der Waals surface area contributed by atoms with Gasteiger partial charge in [-0.3, -0.25) is 0 Å². The molecule has 0 spiro atoms. The zero-order valence-corrected chi connectivity index (χ0v) is 10.0. The molecule has 16 heavy (non-hydrogen) atoms. The molecule has 1 aromatic rings. The SMILES string of the molecule is CC(C)Oc1cc(N(C)C)ncc1B(O)O. The summed E-state index contributed by atoms with van der Waals surface area (Å²) >= 11 is 0. The predicted molar refractivity (Wildman–Crippen MR) is 64.2 cm³/mol. The van der Waals surface area contributed by atoms with E-state index in [1.807, 2.05) is 32.8 Å². The van der Waals surface area contributed by atoms with Gasteiger partial charge in [-0.1, -0.05) is 0 Å². The Balaban J connectivity index is 3.10. The molecule has 0 amide bonds. The third kappa shape index (κ3) is 3.11. The van der Waals surface area contributed by atoms with Crippen LogP contribution in [0.2, 0.25) is 0 Å². The number of ether oxygens (including phenoxy) is 1. The third-order valence-corrected chi connectivity index (χ3v) is 1.98. The molecule has 0 atom stereocenters. The smallest absolute Gasteiger partial charge is 0.491 e. The maximum absolute atomic E-state index is 9.17. The van der Waals surface area contributed by atoms with E-state index in [9.17, 15) is 0 Å². The molecular formula is C10H17BN2O3. The highest BCUT2D eigenvalue weighted by molar-refractivity contribution is 6.59. The molecule has 5 nitrogen and oxygen atoms in total. The fourth-order valence-corrected chi connectivity index (χ4v) is 1.23. The van der Waals surface area contributed by atoms with E-state index in [2.05, 4.69) is 4.98 Å². The zero-order chi connectivity index (χ0) is 12.3. The molecule has 0 saturated heterocycles. The van der Waals surface area contributed by atoms with Gasteiger partial charge in [0.25, 0.3) is 0 Å². The molecule has 0 unspecified atom stereocenters. The Hall–Kier alpha value is -1.27. The van der Waals surface area contributed by atoms with Crippen LogP contribution in [0.4, 0.5) is 5.82 Å². The summed E-state index contributed by atoms with van der Waals surface area (Å²) in [5.41, 5.74) is 0.277. The van der Waals surface area contributed by atoms with Gasteiger partial charge in [0.2, 0.25) is 0 Å². The first kappa shape index (κ1) is 12.8. The standard InChI is InChI=1S/C10H17BN2O3/c1-7(2)16-9-5-10(13(3)4)12-6-8(9)11(14)15/h5-7,14-15H,1-4H3. The maximum atomic E-state index is 9.17. The summed E-state index contributed by atoms with van der Waals surface area (Å²) in [6.45, 7) is 3.76. The third-order valence-electron chi connectivity index (χ3n) is 1.98. The first-order chi connectivity index (χ1) is 7.41. The van der Waals surface area contributed by atoms with Crippen LogP contribution in [0.25, 0.3) is 0 Å². The Bertz CT molecular complexity index is 356. The van der Waals surface area contributed by atoms with Crippen LogP contribution >= 0.6 is 0 Å². The molecule has 0 saturated carbocycles. The van der Waals surface area contributed by atoms with Gasteiger partial charge in [-0.2, -0.15) is 0 Å². The van der Waals surface area contributed by atoms with Gasteiger partial charge in [-0.25, -0.2) is 4.98 Å². The number of aromatic nitrogens is 1. The van der Waals surface area contributed by atoms with Crippen LogP contribution in [-0.2, 0) is 0 Å². The van der Waals surface area contributed by atoms with Gasteiger partial charge in [-0.05, 0) is 13.8 Å². The molecule has 0 radical (unpaired) electrons. The molecule has 0 fully saturated rings. The van der Waals surface area contributed by atoms with Crippen molar-refractivity contribution in [1.82, 2.24) is 4.98 Å². The summed E-state index contributed by atoms with van der Waals surface area (Å²) in [5, 5.41) is 18.3. The van der Waals surface area contributed by atoms with Crippen molar-refractivity contribution in [3.63, 3.8) is 0 Å². The van der Waals surface area contributed by atoms with Gasteiger partial charge in [0.15, 0.2) is 0 Å². The predicted octanol–water partition coefficient (Wildman–Crippen LogP) is -0.385. The first-order valence-electron chi connectivity index (χ1n) is 5.12. The van der Waals surface area contributed by atoms with Gasteiger partial charge >= 0.3 is 7.12 Å². The van der Waals surface area contributed by atoms with Crippen LogP contribution in [0.15, 0.2) is 12.3 Å². The number of anilines is 1. The Morgan fingerprint density at radius 2 is 2.00 bits per heavy atom. The molecule has 0 aromatic carbocycles. The number of hydrogen-bond donors (Lipinski definition) is 2. The Kier molecular flexibility index (Phi) is 4.15. The molecule has 1 heterocycles. The Morgan fingerprint density at radius 3 is 2.44 bits per heavy atom. The summed E-state index contributed by atoms with van der Waals surface area (Å²) in [5.74, 6) is 1.16. The molecule has 0 aliphatic heterocycles. The minimum Gasteiger partial charge on any atom is -0.491 e. The van der Waals surface area contributed by atoms with E-state index in [1.165, 1.54) is 6.20 Å². The van der Waals surface area contributed by atoms with E-state index < -0.39 is 7.12 Å². The number of rotatable bonds is 4. The molecule has 0 aliphatic rings. The second-order valence-corrected chi connectivity index (χ2v) is 4.02. The number of pyridine rings is 1. The Morgan fingerprint density at radius 1 is 1.38 bits per heavy atom. The first-order valence-corrected chi connectivity index (χ1v) is 5.12. The molecule has 1 aromatic heterocycles. The lowest BCUT2D eigenvalue weighted by Crippen LogP contribution is -2.33. The largest absolute Gasteiger partial charge is 0.493 e. The van der Waals surface area contributed by atoms with Crippen LogP contribution in [0, 0.1) is 0 Å². The molecule has 6 heteroatoms. The van der Waals surface area contributed by atoms with Crippen molar-refractivity contribution in [3.05, 3.63) is 12.3 Å². The molecule has 2 N–H and O–H groups in total. The summed E-state index contributed by atoms with van der Waals surface area (Å²) in [6, 6.07) is 1.69. The van der Waals surface area contributed by atoms with Crippen LogP contribution in [0.5, 0.6) is 5.75 Å².